The summed E-state index contributed by atoms with van der Waals surface area (Å²) in [6, 6.07) is 44.9. The second-order valence-corrected chi connectivity index (χ2v) is 18.1. The first-order chi connectivity index (χ1) is 27.4. The minimum absolute atomic E-state index is 0.00676. The Bertz CT molecular complexity index is 2670. The lowest BCUT2D eigenvalue weighted by atomic mass is 9.77. The molecule has 9 rings (SSSR count). The number of hydrogen-bond donors (Lipinski definition) is 0. The van der Waals surface area contributed by atoms with E-state index in [0.29, 0.717) is 9.18 Å². The number of pyridine rings is 1. The van der Waals surface area contributed by atoms with Gasteiger partial charge in [-0.05, 0) is 95.0 Å². The smallest absolute Gasteiger partial charge is 0.225 e. The Morgan fingerprint density at radius 1 is 0.544 bits per heavy atom. The molecule has 0 saturated carbocycles. The topological polar surface area (TPSA) is 27.1 Å². The van der Waals surface area contributed by atoms with Gasteiger partial charge in [-0.25, -0.2) is 4.98 Å². The lowest BCUT2D eigenvalue weighted by Gasteiger charge is -2.40. The van der Waals surface area contributed by atoms with Gasteiger partial charge < -0.3 is 4.74 Å². The molecule has 1 fully saturated rings. The molecule has 2 aromatic heterocycles. The monoisotopic (exact) mass is 753 g/mol. The molecule has 5 aromatic carbocycles. The summed E-state index contributed by atoms with van der Waals surface area (Å²) in [5, 5.41) is 2.39. The van der Waals surface area contributed by atoms with Crippen LogP contribution in [0.5, 0.6) is 11.5 Å². The minimum Gasteiger partial charge on any atom is -0.457 e. The van der Waals surface area contributed by atoms with Crippen molar-refractivity contribution in [1.82, 2.24) is 18.7 Å². The van der Waals surface area contributed by atoms with Gasteiger partial charge in [0.25, 0.3) is 0 Å². The molecule has 1 unspecified atom stereocenters. The molecule has 5 heteroatoms. The number of nitrogens with zero attached hydrogens (tertiary/aromatic N) is 4. The van der Waals surface area contributed by atoms with E-state index in [-0.39, 0.29) is 16.2 Å². The zero-order valence-corrected chi connectivity index (χ0v) is 35.2. The van der Waals surface area contributed by atoms with E-state index in [9.17, 15) is 0 Å². The Morgan fingerprint density at radius 3 is 1.88 bits per heavy atom. The fraction of sp³-hybridized carbons (Fsp3) is 0.308. The van der Waals surface area contributed by atoms with Gasteiger partial charge in [0.1, 0.15) is 17.3 Å². The van der Waals surface area contributed by atoms with E-state index in [2.05, 4.69) is 195 Å². The molecule has 0 spiro atoms. The first-order valence-electron chi connectivity index (χ1n) is 21.1. The van der Waals surface area contributed by atoms with Crippen LogP contribution in [0.3, 0.4) is 0 Å². The highest BCUT2D eigenvalue weighted by atomic mass is 16.5. The summed E-state index contributed by atoms with van der Waals surface area (Å²) in [4.78, 5) is 4.98. The maximum atomic E-state index is 7.06. The number of quaternary nitrogens is 2. The normalized spacial score (nSPS) is 19.0. The Morgan fingerprint density at radius 2 is 1.18 bits per heavy atom. The molecule has 0 aliphatic carbocycles. The Hall–Kier alpha value is -5.23. The fourth-order valence-corrected chi connectivity index (χ4v) is 9.46. The van der Waals surface area contributed by atoms with Crippen LogP contribution in [0.1, 0.15) is 105 Å². The number of para-hydroxylation sites is 3. The summed E-state index contributed by atoms with van der Waals surface area (Å²) in [6.45, 7) is 23.3. The SMILES string of the molecule is CCC(C)(CC)c1cc(Oc2ccc3c4ccccc4n(-c4cc(C(C)(CC)CC)ccn4)c3c2)cc([N+]23[CH-][N@+]2(c2cccc(C(C)(C)C)c2)c2ccccc23)c1. The molecule has 57 heavy (non-hydrogen) atoms. The van der Waals surface area contributed by atoms with E-state index >= 15 is 0 Å². The average molecular weight is 754 g/mol. The largest absolute Gasteiger partial charge is 0.457 e. The molecule has 1 saturated heterocycles. The van der Waals surface area contributed by atoms with Crippen LogP contribution in [0, 0.1) is 6.67 Å². The predicted octanol–water partition coefficient (Wildman–Crippen LogP) is 14.8. The van der Waals surface area contributed by atoms with Gasteiger partial charge in [0.2, 0.25) is 11.4 Å². The van der Waals surface area contributed by atoms with Crippen LogP contribution in [-0.4, -0.2) is 9.55 Å². The number of aromatic nitrogens is 2. The van der Waals surface area contributed by atoms with Crippen LogP contribution in [-0.2, 0) is 16.2 Å². The molecule has 0 bridgehead atoms. The summed E-state index contributed by atoms with van der Waals surface area (Å²) in [6.07, 6.45) is 6.19. The van der Waals surface area contributed by atoms with Gasteiger partial charge in [0, 0.05) is 59.4 Å². The second-order valence-electron chi connectivity index (χ2n) is 18.1. The van der Waals surface area contributed by atoms with Crippen LogP contribution in [0.2, 0.25) is 0 Å². The van der Waals surface area contributed by atoms with Gasteiger partial charge in [-0.15, -0.1) is 0 Å². The third kappa shape index (κ3) is 5.46. The van der Waals surface area contributed by atoms with Crippen molar-refractivity contribution in [2.45, 2.75) is 104 Å². The molecule has 2 aliphatic rings. The third-order valence-electron chi connectivity index (χ3n) is 14.2. The van der Waals surface area contributed by atoms with Gasteiger partial charge >= 0.3 is 0 Å². The van der Waals surface area contributed by atoms with Crippen LogP contribution in [0.15, 0.2) is 128 Å². The maximum absolute atomic E-state index is 7.06. The van der Waals surface area contributed by atoms with Crippen molar-refractivity contribution in [2.24, 2.45) is 0 Å². The zero-order valence-electron chi connectivity index (χ0n) is 35.2. The molecular formula is C52H57N4O+. The lowest BCUT2D eigenvalue weighted by molar-refractivity contribution is 0.413. The number of benzene rings is 5. The quantitative estimate of drug-likeness (QED) is 0.0747. The van der Waals surface area contributed by atoms with Gasteiger partial charge in [-0.2, -0.15) is 9.18 Å². The van der Waals surface area contributed by atoms with Crippen molar-refractivity contribution in [3.8, 4) is 17.3 Å². The van der Waals surface area contributed by atoms with E-state index in [1.807, 2.05) is 6.20 Å². The van der Waals surface area contributed by atoms with Crippen molar-refractivity contribution in [1.29, 1.82) is 0 Å². The molecule has 290 valence electrons. The van der Waals surface area contributed by atoms with Crippen molar-refractivity contribution in [2.75, 3.05) is 0 Å². The summed E-state index contributed by atoms with van der Waals surface area (Å²) in [7, 11) is 0. The van der Waals surface area contributed by atoms with Crippen LogP contribution >= 0.6 is 0 Å². The zero-order chi connectivity index (χ0) is 40.0. The van der Waals surface area contributed by atoms with Crippen molar-refractivity contribution >= 4 is 44.6 Å². The van der Waals surface area contributed by atoms with E-state index in [4.69, 9.17) is 9.72 Å². The highest BCUT2D eigenvalue weighted by Gasteiger charge is 2.78. The molecule has 4 heterocycles. The van der Waals surface area contributed by atoms with Crippen molar-refractivity contribution in [3.63, 3.8) is 0 Å². The van der Waals surface area contributed by atoms with E-state index in [0.717, 1.165) is 54.0 Å². The standard InChI is InChI=1S/C52H57N4O/c1-10-51(8,11-2)37-27-28-53-49(32-37)54-45-22-15-14-21-43(45)44-26-25-41(34-46(44)54)57-42-31-38(52(9,12-3)13-4)30-40(33-42)56-35-55(56,47-23-16-17-24-48(47)56)39-20-18-19-36(29-39)50(5,6)7/h14-35H,10-13H2,1-9H3/q+1/t55-,56?/m0/s1. The molecular weight excluding hydrogens is 697 g/mol. The van der Waals surface area contributed by atoms with Gasteiger partial charge in [0.05, 0.1) is 11.0 Å². The molecule has 0 amide bonds. The highest BCUT2D eigenvalue weighted by molar-refractivity contribution is 6.09. The summed E-state index contributed by atoms with van der Waals surface area (Å²) < 4.78 is 10.7. The van der Waals surface area contributed by atoms with Gasteiger partial charge in [-0.3, -0.25) is 4.57 Å². The molecule has 7 aromatic rings. The second kappa shape index (κ2) is 13.2. The van der Waals surface area contributed by atoms with Gasteiger partial charge in [-0.1, -0.05) is 105 Å². The Kier molecular flexibility index (Phi) is 8.62. The van der Waals surface area contributed by atoms with E-state index in [1.54, 1.807) is 0 Å². The molecule has 5 nitrogen and oxygen atoms in total. The van der Waals surface area contributed by atoms with Crippen molar-refractivity contribution in [3.05, 3.63) is 151 Å². The van der Waals surface area contributed by atoms with E-state index < -0.39 is 0 Å². The summed E-state index contributed by atoms with van der Waals surface area (Å²) in [5.41, 5.74) is 11.5. The summed E-state index contributed by atoms with van der Waals surface area (Å²) >= 11 is 0. The number of ether oxygens (including phenoxy) is 1. The fourth-order valence-electron chi connectivity index (χ4n) is 9.46. The molecule has 2 aliphatic heterocycles. The highest BCUT2D eigenvalue weighted by Crippen LogP contribution is 2.75. The number of fused-ring (bicyclic) bond motifs is 7. The molecule has 2 atom stereocenters. The Balaban J connectivity index is 1.19. The predicted molar refractivity (Wildman–Crippen MR) is 240 cm³/mol. The van der Waals surface area contributed by atoms with Crippen LogP contribution in [0.4, 0.5) is 22.7 Å². The molecule has 0 radical (unpaired) electrons. The lowest BCUT2D eigenvalue weighted by Crippen LogP contribution is -2.46. The number of rotatable bonds is 11. The van der Waals surface area contributed by atoms with Crippen molar-refractivity contribution < 1.29 is 4.74 Å². The number of hydrogen-bond acceptors (Lipinski definition) is 2. The van der Waals surface area contributed by atoms with Gasteiger partial charge in [0.15, 0.2) is 18.0 Å². The third-order valence-corrected chi connectivity index (χ3v) is 14.2. The van der Waals surface area contributed by atoms with Crippen LogP contribution in [0.25, 0.3) is 27.6 Å². The summed E-state index contributed by atoms with van der Waals surface area (Å²) in [5.74, 6) is 2.60. The van der Waals surface area contributed by atoms with Crippen LogP contribution < -0.4 is 13.9 Å². The Labute approximate surface area is 339 Å². The average Bonchev–Trinajstić information content (AvgIpc) is 3.73. The molecule has 0 N–H and O–H groups in total. The first-order valence-corrected chi connectivity index (χ1v) is 21.1. The maximum Gasteiger partial charge on any atom is 0.225 e. The first kappa shape index (κ1) is 37.4. The minimum atomic E-state index is -0.00676. The van der Waals surface area contributed by atoms with E-state index in [1.165, 1.54) is 50.2 Å².